The van der Waals surface area contributed by atoms with E-state index < -0.39 is 0 Å². The molecule has 2 aromatic rings. The second-order valence-electron chi connectivity index (χ2n) is 6.73. The summed E-state index contributed by atoms with van der Waals surface area (Å²) in [5.74, 6) is 0.958. The molecule has 0 N–H and O–H groups in total. The number of nitrogens with zero attached hydrogens (tertiary/aromatic N) is 3. The van der Waals surface area contributed by atoms with Gasteiger partial charge in [0, 0.05) is 25.8 Å². The van der Waals surface area contributed by atoms with Gasteiger partial charge in [-0.15, -0.1) is 0 Å². The Bertz CT molecular complexity index is 614. The molecule has 2 aliphatic rings. The van der Waals surface area contributed by atoms with Gasteiger partial charge >= 0.3 is 0 Å². The van der Waals surface area contributed by atoms with Crippen molar-refractivity contribution in [3.8, 4) is 0 Å². The number of aromatic nitrogens is 2. The summed E-state index contributed by atoms with van der Waals surface area (Å²) in [6, 6.07) is 6.23. The predicted octanol–water partition coefficient (Wildman–Crippen LogP) is 3.90. The number of hydrogen-bond acceptors (Lipinski definition) is 2. The number of aryl methyl sites for hydroxylation is 1. The second-order valence-corrected chi connectivity index (χ2v) is 6.73. The normalized spacial score (nSPS) is 20.8. The fraction of sp³-hybridized carbons (Fsp3) is 0.611. The van der Waals surface area contributed by atoms with E-state index in [2.05, 4.69) is 52.5 Å². The molecule has 2 fully saturated rings. The number of likely N-dealkylation sites (tertiary alicyclic amines) is 1. The molecule has 1 aliphatic carbocycles. The lowest BCUT2D eigenvalue weighted by atomic mass is 9.58. The van der Waals surface area contributed by atoms with E-state index in [4.69, 9.17) is 0 Å². The quantitative estimate of drug-likeness (QED) is 0.834. The number of rotatable bonds is 2. The van der Waals surface area contributed by atoms with Gasteiger partial charge < -0.3 is 4.40 Å². The van der Waals surface area contributed by atoms with Crippen LogP contribution < -0.4 is 0 Å². The Hall–Kier alpha value is -1.35. The third kappa shape index (κ3) is 2.48. The summed E-state index contributed by atoms with van der Waals surface area (Å²) in [5.41, 5.74) is 4.29. The molecule has 0 amide bonds. The largest absolute Gasteiger partial charge is 0.302 e. The zero-order chi connectivity index (χ0) is 15.0. The van der Waals surface area contributed by atoms with E-state index in [1.807, 2.05) is 13.8 Å². The Kier molecular flexibility index (Phi) is 3.78. The summed E-state index contributed by atoms with van der Waals surface area (Å²) < 4.78 is 2.24. The molecule has 0 aromatic carbocycles. The van der Waals surface area contributed by atoms with Crippen molar-refractivity contribution in [2.75, 3.05) is 13.1 Å². The van der Waals surface area contributed by atoms with E-state index >= 15 is 0 Å². The molecule has 2 aromatic heterocycles. The highest BCUT2D eigenvalue weighted by Gasteiger charge is 2.50. The van der Waals surface area contributed by atoms with Gasteiger partial charge in [-0.2, -0.15) is 0 Å². The van der Waals surface area contributed by atoms with E-state index in [9.17, 15) is 0 Å². The molecule has 1 spiro atoms. The molecule has 4 rings (SSSR count). The Balaban J connectivity index is 0.000000636. The van der Waals surface area contributed by atoms with E-state index in [0.717, 1.165) is 18.1 Å². The summed E-state index contributed by atoms with van der Waals surface area (Å²) in [4.78, 5) is 7.22. The van der Waals surface area contributed by atoms with Crippen molar-refractivity contribution in [2.24, 2.45) is 11.3 Å². The van der Waals surface area contributed by atoms with Gasteiger partial charge in [-0.3, -0.25) is 4.90 Å². The third-order valence-corrected chi connectivity index (χ3v) is 4.88. The lowest BCUT2D eigenvalue weighted by Gasteiger charge is -2.58. The van der Waals surface area contributed by atoms with Gasteiger partial charge in [-0.25, -0.2) is 4.98 Å². The van der Waals surface area contributed by atoms with Crippen molar-refractivity contribution >= 4 is 5.65 Å². The molecule has 1 saturated heterocycles. The van der Waals surface area contributed by atoms with Crippen molar-refractivity contribution in [2.45, 2.75) is 47.1 Å². The standard InChI is InChI=1S/C16H21N3.C2H6/c1-12-7-16(8-12)10-18(11-16)9-14-13(2)17-15-5-3-4-6-19(14)15;1-2/h3-6,12H,7-11H2,1-2H3;1-2H3. The van der Waals surface area contributed by atoms with Crippen LogP contribution in [0.15, 0.2) is 24.4 Å². The summed E-state index contributed by atoms with van der Waals surface area (Å²) in [6.07, 6.45) is 5.01. The molecule has 21 heavy (non-hydrogen) atoms. The lowest BCUT2D eigenvalue weighted by molar-refractivity contribution is -0.0937. The van der Waals surface area contributed by atoms with Crippen LogP contribution in [0.25, 0.3) is 5.65 Å². The zero-order valence-electron chi connectivity index (χ0n) is 13.8. The van der Waals surface area contributed by atoms with Crippen LogP contribution in [0.3, 0.4) is 0 Å². The van der Waals surface area contributed by atoms with Crippen LogP contribution in [0, 0.1) is 18.3 Å². The first kappa shape index (κ1) is 14.6. The van der Waals surface area contributed by atoms with Crippen LogP contribution in [0.4, 0.5) is 0 Å². The SMILES string of the molecule is CC.Cc1nc2ccccn2c1CN1CC2(CC(C)C2)C1. The minimum Gasteiger partial charge on any atom is -0.302 e. The van der Waals surface area contributed by atoms with Gasteiger partial charge in [0.15, 0.2) is 0 Å². The average Bonchev–Trinajstić information content (AvgIpc) is 2.73. The van der Waals surface area contributed by atoms with Crippen molar-refractivity contribution in [1.29, 1.82) is 0 Å². The number of hydrogen-bond donors (Lipinski definition) is 0. The molecule has 3 nitrogen and oxygen atoms in total. The van der Waals surface area contributed by atoms with Crippen molar-refractivity contribution in [3.05, 3.63) is 35.8 Å². The molecule has 0 atom stereocenters. The van der Waals surface area contributed by atoms with Gasteiger partial charge in [0.2, 0.25) is 0 Å². The number of fused-ring (bicyclic) bond motifs is 1. The second kappa shape index (κ2) is 5.45. The smallest absolute Gasteiger partial charge is 0.137 e. The van der Waals surface area contributed by atoms with Crippen molar-refractivity contribution in [1.82, 2.24) is 14.3 Å². The van der Waals surface area contributed by atoms with Crippen LogP contribution in [-0.2, 0) is 6.54 Å². The summed E-state index contributed by atoms with van der Waals surface area (Å²) in [7, 11) is 0. The van der Waals surface area contributed by atoms with Crippen LogP contribution in [0.2, 0.25) is 0 Å². The fourth-order valence-electron chi connectivity index (χ4n) is 4.26. The highest BCUT2D eigenvalue weighted by atomic mass is 15.2. The molecular weight excluding hydrogens is 258 g/mol. The molecule has 1 saturated carbocycles. The molecule has 1 aliphatic heterocycles. The van der Waals surface area contributed by atoms with Crippen LogP contribution in [-0.4, -0.2) is 27.4 Å². The van der Waals surface area contributed by atoms with E-state index in [0.29, 0.717) is 5.41 Å². The molecular formula is C18H27N3. The maximum absolute atomic E-state index is 4.64. The lowest BCUT2D eigenvalue weighted by Crippen LogP contribution is -2.61. The van der Waals surface area contributed by atoms with Crippen molar-refractivity contribution < 1.29 is 0 Å². The molecule has 114 valence electrons. The zero-order valence-corrected chi connectivity index (χ0v) is 13.8. The third-order valence-electron chi connectivity index (χ3n) is 4.88. The van der Waals surface area contributed by atoms with Crippen LogP contribution in [0.5, 0.6) is 0 Å². The monoisotopic (exact) mass is 285 g/mol. The first-order valence-corrected chi connectivity index (χ1v) is 8.30. The Labute approximate surface area is 128 Å². The first-order chi connectivity index (χ1) is 10.2. The van der Waals surface area contributed by atoms with Gasteiger partial charge in [0.25, 0.3) is 0 Å². The topological polar surface area (TPSA) is 20.5 Å². The van der Waals surface area contributed by atoms with Crippen molar-refractivity contribution in [3.63, 3.8) is 0 Å². The molecule has 0 bridgehead atoms. The Morgan fingerprint density at radius 2 is 1.95 bits per heavy atom. The molecule has 3 heteroatoms. The Morgan fingerprint density at radius 1 is 1.24 bits per heavy atom. The van der Waals surface area contributed by atoms with Gasteiger partial charge in [0.1, 0.15) is 5.65 Å². The predicted molar refractivity (Wildman–Crippen MR) is 87.4 cm³/mol. The van der Waals surface area contributed by atoms with Crippen LogP contribution >= 0.6 is 0 Å². The molecule has 3 heterocycles. The minimum atomic E-state index is 0.688. The number of pyridine rings is 1. The summed E-state index contributed by atoms with van der Waals surface area (Å²) >= 11 is 0. The highest BCUT2D eigenvalue weighted by Crippen LogP contribution is 2.51. The van der Waals surface area contributed by atoms with Crippen LogP contribution in [0.1, 0.15) is 45.0 Å². The highest BCUT2D eigenvalue weighted by molar-refractivity contribution is 5.42. The van der Waals surface area contributed by atoms with E-state index in [1.165, 1.54) is 37.3 Å². The summed E-state index contributed by atoms with van der Waals surface area (Å²) in [6.45, 7) is 12.1. The fourth-order valence-corrected chi connectivity index (χ4v) is 4.26. The maximum atomic E-state index is 4.64. The minimum absolute atomic E-state index is 0.688. The average molecular weight is 285 g/mol. The molecule has 0 radical (unpaired) electrons. The molecule has 0 unspecified atom stereocenters. The Morgan fingerprint density at radius 3 is 2.62 bits per heavy atom. The first-order valence-electron chi connectivity index (χ1n) is 8.30. The van der Waals surface area contributed by atoms with Gasteiger partial charge in [-0.1, -0.05) is 26.8 Å². The van der Waals surface area contributed by atoms with Gasteiger partial charge in [-0.05, 0) is 43.2 Å². The van der Waals surface area contributed by atoms with E-state index in [-0.39, 0.29) is 0 Å². The van der Waals surface area contributed by atoms with Gasteiger partial charge in [0.05, 0.1) is 11.4 Å². The van der Waals surface area contributed by atoms with E-state index in [1.54, 1.807) is 0 Å². The number of imidazole rings is 1. The summed E-state index contributed by atoms with van der Waals surface area (Å²) in [5, 5.41) is 0. The maximum Gasteiger partial charge on any atom is 0.137 e.